The molecule has 1 unspecified atom stereocenters. The molecule has 1 aliphatic rings. The molecule has 118 valence electrons. The summed E-state index contributed by atoms with van der Waals surface area (Å²) in [4.78, 5) is 14.2. The Hall–Kier alpha value is -1.47. The summed E-state index contributed by atoms with van der Waals surface area (Å²) in [7, 11) is 4.88. The van der Waals surface area contributed by atoms with Crippen molar-refractivity contribution < 1.29 is 19.0 Å². The van der Waals surface area contributed by atoms with Gasteiger partial charge < -0.3 is 24.8 Å². The van der Waals surface area contributed by atoms with Gasteiger partial charge in [0.2, 0.25) is 0 Å². The average molecular weight is 314 g/mol. The zero-order valence-corrected chi connectivity index (χ0v) is 13.5. The van der Waals surface area contributed by atoms with E-state index in [1.807, 2.05) is 7.05 Å². The molecule has 21 heavy (non-hydrogen) atoms. The maximum absolute atomic E-state index is 11.7. The van der Waals surface area contributed by atoms with Crippen molar-refractivity contribution in [3.05, 3.63) is 4.88 Å². The van der Waals surface area contributed by atoms with Gasteiger partial charge in [-0.2, -0.15) is 0 Å². The van der Waals surface area contributed by atoms with E-state index in [-0.39, 0.29) is 0 Å². The molecule has 1 aromatic rings. The summed E-state index contributed by atoms with van der Waals surface area (Å²) >= 11 is 1.30. The number of carbonyl (C=O) groups excluding carboxylic acids is 1. The zero-order chi connectivity index (χ0) is 15.4. The van der Waals surface area contributed by atoms with Crippen molar-refractivity contribution in [2.45, 2.75) is 12.8 Å². The lowest BCUT2D eigenvalue weighted by molar-refractivity contribution is 0.0576. The maximum Gasteiger partial charge on any atom is 0.350 e. The molecule has 0 aliphatic carbocycles. The van der Waals surface area contributed by atoms with Crippen LogP contribution >= 0.6 is 11.3 Å². The number of nitrogen functional groups attached to an aromatic ring is 1. The molecule has 0 bridgehead atoms. The number of esters is 1. The molecule has 0 aromatic carbocycles. The van der Waals surface area contributed by atoms with E-state index in [1.165, 1.54) is 18.4 Å². The van der Waals surface area contributed by atoms with Crippen LogP contribution in [-0.2, 0) is 9.47 Å². The largest absolute Gasteiger partial charge is 0.492 e. The molecule has 0 amide bonds. The molecule has 1 fully saturated rings. The zero-order valence-electron chi connectivity index (χ0n) is 12.7. The molecule has 7 heteroatoms. The van der Waals surface area contributed by atoms with E-state index in [2.05, 4.69) is 4.90 Å². The number of hydrogen-bond acceptors (Lipinski definition) is 7. The summed E-state index contributed by atoms with van der Waals surface area (Å²) in [6.45, 7) is 2.47. The van der Waals surface area contributed by atoms with Gasteiger partial charge in [0.05, 0.1) is 20.8 Å². The Morgan fingerprint density at radius 1 is 1.52 bits per heavy atom. The van der Waals surface area contributed by atoms with Gasteiger partial charge in [-0.05, 0) is 18.8 Å². The first-order valence-electron chi connectivity index (χ1n) is 6.91. The van der Waals surface area contributed by atoms with Crippen LogP contribution in [0.3, 0.4) is 0 Å². The topological polar surface area (TPSA) is 74.0 Å². The first-order chi connectivity index (χ1) is 10.1. The van der Waals surface area contributed by atoms with Crippen LogP contribution in [0, 0.1) is 5.92 Å². The highest BCUT2D eigenvalue weighted by Gasteiger charge is 2.26. The van der Waals surface area contributed by atoms with E-state index >= 15 is 0 Å². The van der Waals surface area contributed by atoms with Crippen molar-refractivity contribution in [1.82, 2.24) is 0 Å². The lowest BCUT2D eigenvalue weighted by atomic mass is 10.0. The van der Waals surface area contributed by atoms with E-state index in [0.29, 0.717) is 22.2 Å². The number of ether oxygens (including phenoxy) is 3. The Morgan fingerprint density at radius 3 is 2.86 bits per heavy atom. The van der Waals surface area contributed by atoms with Gasteiger partial charge in [-0.15, -0.1) is 11.3 Å². The van der Waals surface area contributed by atoms with Gasteiger partial charge in [-0.1, -0.05) is 0 Å². The van der Waals surface area contributed by atoms with Crippen molar-refractivity contribution in [1.29, 1.82) is 0 Å². The van der Waals surface area contributed by atoms with Crippen molar-refractivity contribution in [3.8, 4) is 5.75 Å². The number of nitrogens with two attached hydrogens (primary N) is 1. The van der Waals surface area contributed by atoms with Crippen LogP contribution in [-0.4, -0.2) is 47.0 Å². The quantitative estimate of drug-likeness (QED) is 0.838. The van der Waals surface area contributed by atoms with Gasteiger partial charge >= 0.3 is 5.97 Å². The second-order valence-corrected chi connectivity index (χ2v) is 6.14. The first-order valence-corrected chi connectivity index (χ1v) is 7.73. The van der Waals surface area contributed by atoms with Gasteiger partial charge in [-0.3, -0.25) is 0 Å². The predicted octanol–water partition coefficient (Wildman–Crippen LogP) is 1.99. The summed E-state index contributed by atoms with van der Waals surface area (Å²) in [6.07, 6.45) is 2.24. The highest BCUT2D eigenvalue weighted by Crippen LogP contribution is 2.44. The van der Waals surface area contributed by atoms with E-state index in [0.717, 1.165) is 37.6 Å². The minimum absolute atomic E-state index is 0.344. The summed E-state index contributed by atoms with van der Waals surface area (Å²) < 4.78 is 15.6. The molecule has 1 saturated heterocycles. The second kappa shape index (κ2) is 7.00. The average Bonchev–Trinajstić information content (AvgIpc) is 2.84. The third-order valence-corrected chi connectivity index (χ3v) is 4.87. The standard InChI is InChI=1S/C14H22N2O4S/c1-16(7-9-5-4-6-20-8-9)13-11(18-2)10(15)12(21-13)14(17)19-3/h9H,4-8,15H2,1-3H3. The Morgan fingerprint density at radius 2 is 2.29 bits per heavy atom. The smallest absolute Gasteiger partial charge is 0.350 e. The van der Waals surface area contributed by atoms with Crippen LogP contribution in [0.25, 0.3) is 0 Å². The van der Waals surface area contributed by atoms with Crippen LogP contribution in [0.5, 0.6) is 5.75 Å². The fourth-order valence-electron chi connectivity index (χ4n) is 2.53. The van der Waals surface area contributed by atoms with E-state index in [4.69, 9.17) is 19.9 Å². The van der Waals surface area contributed by atoms with Crippen LogP contribution in [0.1, 0.15) is 22.5 Å². The number of hydrogen-bond donors (Lipinski definition) is 1. The summed E-state index contributed by atoms with van der Waals surface area (Å²) in [5.41, 5.74) is 6.34. The fraction of sp³-hybridized carbons (Fsp3) is 0.643. The molecule has 1 atom stereocenters. The SMILES string of the molecule is COC(=O)c1sc(N(C)CC2CCCOC2)c(OC)c1N. The third-order valence-electron chi connectivity index (χ3n) is 3.59. The Balaban J connectivity index is 2.19. The van der Waals surface area contributed by atoms with Gasteiger partial charge in [0.15, 0.2) is 5.75 Å². The predicted molar refractivity (Wildman–Crippen MR) is 83.4 cm³/mol. The number of anilines is 2. The molecule has 2 N–H and O–H groups in total. The summed E-state index contributed by atoms with van der Waals surface area (Å²) in [5, 5.41) is 0.848. The Bertz CT molecular complexity index is 497. The van der Waals surface area contributed by atoms with Crippen LogP contribution in [0.2, 0.25) is 0 Å². The highest BCUT2D eigenvalue weighted by atomic mass is 32.1. The van der Waals surface area contributed by atoms with E-state index in [1.54, 1.807) is 7.11 Å². The molecular formula is C14H22N2O4S. The van der Waals surface area contributed by atoms with Gasteiger partial charge in [-0.25, -0.2) is 4.79 Å². The first kappa shape index (κ1) is 15.9. The van der Waals surface area contributed by atoms with E-state index in [9.17, 15) is 4.79 Å². The third kappa shape index (κ3) is 3.41. The van der Waals surface area contributed by atoms with Crippen LogP contribution < -0.4 is 15.4 Å². The highest BCUT2D eigenvalue weighted by molar-refractivity contribution is 7.19. The monoisotopic (exact) mass is 314 g/mol. The van der Waals surface area contributed by atoms with Gasteiger partial charge in [0, 0.05) is 20.2 Å². The van der Waals surface area contributed by atoms with Gasteiger partial charge in [0.25, 0.3) is 0 Å². The van der Waals surface area contributed by atoms with Crippen molar-refractivity contribution in [3.63, 3.8) is 0 Å². The molecule has 1 aromatic heterocycles. The maximum atomic E-state index is 11.7. The second-order valence-electron chi connectivity index (χ2n) is 5.14. The molecular weight excluding hydrogens is 292 g/mol. The molecule has 6 nitrogen and oxygen atoms in total. The normalized spacial score (nSPS) is 18.3. The number of methoxy groups -OCH3 is 2. The molecule has 0 spiro atoms. The fourth-order valence-corrected chi connectivity index (χ4v) is 3.61. The number of carbonyl (C=O) groups is 1. The lowest BCUT2D eigenvalue weighted by Gasteiger charge is -2.27. The molecule has 2 heterocycles. The number of rotatable bonds is 5. The number of nitrogens with zero attached hydrogens (tertiary/aromatic N) is 1. The minimum Gasteiger partial charge on any atom is -0.492 e. The minimum atomic E-state index is -0.434. The van der Waals surface area contributed by atoms with Crippen molar-refractivity contribution >= 4 is 28.0 Å². The van der Waals surface area contributed by atoms with E-state index < -0.39 is 5.97 Å². The lowest BCUT2D eigenvalue weighted by Crippen LogP contribution is -2.30. The summed E-state index contributed by atoms with van der Waals surface area (Å²) in [5.74, 6) is 0.592. The molecule has 2 rings (SSSR count). The van der Waals surface area contributed by atoms with Crippen LogP contribution in [0.15, 0.2) is 0 Å². The molecule has 0 radical (unpaired) electrons. The van der Waals surface area contributed by atoms with Crippen LogP contribution in [0.4, 0.5) is 10.7 Å². The van der Waals surface area contributed by atoms with Gasteiger partial charge in [0.1, 0.15) is 15.6 Å². The summed E-state index contributed by atoms with van der Waals surface area (Å²) in [6, 6.07) is 0. The Labute approximate surface area is 128 Å². The number of thiophene rings is 1. The Kier molecular flexibility index (Phi) is 5.30. The van der Waals surface area contributed by atoms with Crippen molar-refractivity contribution in [2.75, 3.05) is 51.7 Å². The van der Waals surface area contributed by atoms with Crippen molar-refractivity contribution in [2.24, 2.45) is 5.92 Å². The molecule has 1 aliphatic heterocycles. The molecule has 0 saturated carbocycles.